The van der Waals surface area contributed by atoms with Crippen molar-refractivity contribution in [2.24, 2.45) is 0 Å². The van der Waals surface area contributed by atoms with Crippen LogP contribution in [0.2, 0.25) is 0 Å². The van der Waals surface area contributed by atoms with E-state index in [4.69, 9.17) is 9.84 Å². The first-order chi connectivity index (χ1) is 20.2. The summed E-state index contributed by atoms with van der Waals surface area (Å²) in [6, 6.07) is 24.5. The van der Waals surface area contributed by atoms with Gasteiger partial charge in [-0.15, -0.1) is 0 Å². The third kappa shape index (κ3) is 5.25. The van der Waals surface area contributed by atoms with Crippen molar-refractivity contribution in [1.29, 1.82) is 0 Å². The van der Waals surface area contributed by atoms with Crippen molar-refractivity contribution in [2.45, 2.75) is 57.8 Å². The average molecular weight is 565 g/mol. The van der Waals surface area contributed by atoms with Crippen LogP contribution in [0.15, 0.2) is 85.1 Å². The average Bonchev–Trinajstić information content (AvgIpc) is 3.36. The SMILES string of the molecule is CC(C)(C)OC(=O)NC1(c2ccc(-c3nn4c(-c5ccc(F)cc5CO)cnc4cc3-c3ccccc3)cc2)CCC1. The summed E-state index contributed by atoms with van der Waals surface area (Å²) in [5.74, 6) is -0.415. The molecule has 1 fully saturated rings. The van der Waals surface area contributed by atoms with E-state index in [2.05, 4.69) is 10.3 Å². The number of carbonyl (C=O) groups excluding carboxylic acids is 1. The number of aliphatic hydroxyl groups excluding tert-OH is 1. The van der Waals surface area contributed by atoms with Crippen LogP contribution in [-0.4, -0.2) is 31.4 Å². The van der Waals surface area contributed by atoms with E-state index in [1.807, 2.05) is 81.4 Å². The highest BCUT2D eigenvalue weighted by Crippen LogP contribution is 2.42. The Morgan fingerprint density at radius 3 is 2.38 bits per heavy atom. The lowest BCUT2D eigenvalue weighted by Crippen LogP contribution is -2.52. The van der Waals surface area contributed by atoms with E-state index < -0.39 is 23.1 Å². The molecule has 0 aliphatic heterocycles. The number of alkyl carbamates (subject to hydrolysis) is 1. The van der Waals surface area contributed by atoms with Crippen molar-refractivity contribution < 1.29 is 19.0 Å². The maximum Gasteiger partial charge on any atom is 0.408 e. The minimum atomic E-state index is -0.574. The Hall–Kier alpha value is -4.56. The number of ether oxygens (including phenoxy) is 1. The molecule has 0 radical (unpaired) electrons. The Kier molecular flexibility index (Phi) is 7.02. The predicted octanol–water partition coefficient (Wildman–Crippen LogP) is 7.27. The van der Waals surface area contributed by atoms with Gasteiger partial charge in [0, 0.05) is 16.7 Å². The summed E-state index contributed by atoms with van der Waals surface area (Å²) in [5.41, 5.74) is 5.95. The topological polar surface area (TPSA) is 88.8 Å². The molecule has 1 aliphatic carbocycles. The Labute approximate surface area is 244 Å². The van der Waals surface area contributed by atoms with Crippen molar-refractivity contribution in [3.8, 4) is 33.6 Å². The van der Waals surface area contributed by atoms with Gasteiger partial charge in [0.25, 0.3) is 0 Å². The lowest BCUT2D eigenvalue weighted by Gasteiger charge is -2.43. The molecule has 6 rings (SSSR count). The smallest absolute Gasteiger partial charge is 0.408 e. The van der Waals surface area contributed by atoms with Crippen LogP contribution < -0.4 is 5.32 Å². The van der Waals surface area contributed by atoms with E-state index in [1.54, 1.807) is 16.8 Å². The van der Waals surface area contributed by atoms with E-state index in [-0.39, 0.29) is 6.61 Å². The second-order valence-corrected chi connectivity index (χ2v) is 11.8. The largest absolute Gasteiger partial charge is 0.444 e. The fourth-order valence-electron chi connectivity index (χ4n) is 5.55. The number of nitrogens with zero attached hydrogens (tertiary/aromatic N) is 3. The molecule has 2 heterocycles. The number of hydrogen-bond donors (Lipinski definition) is 2. The van der Waals surface area contributed by atoms with Gasteiger partial charge in [-0.25, -0.2) is 18.7 Å². The lowest BCUT2D eigenvalue weighted by atomic mass is 9.71. The van der Waals surface area contributed by atoms with E-state index in [0.29, 0.717) is 22.5 Å². The molecule has 2 aromatic heterocycles. The number of rotatable bonds is 6. The summed E-state index contributed by atoms with van der Waals surface area (Å²) in [6.45, 7) is 5.26. The molecular formula is C34H33FN4O3. The van der Waals surface area contributed by atoms with Gasteiger partial charge >= 0.3 is 6.09 Å². The number of aromatic nitrogens is 3. The van der Waals surface area contributed by atoms with Crippen molar-refractivity contribution >= 4 is 11.7 Å². The Morgan fingerprint density at radius 2 is 1.74 bits per heavy atom. The number of imidazole rings is 1. The summed E-state index contributed by atoms with van der Waals surface area (Å²) in [6.07, 6.45) is 3.98. The van der Waals surface area contributed by atoms with E-state index >= 15 is 0 Å². The van der Waals surface area contributed by atoms with Crippen molar-refractivity contribution in [1.82, 2.24) is 19.9 Å². The van der Waals surface area contributed by atoms with Crippen LogP contribution in [0.5, 0.6) is 0 Å². The van der Waals surface area contributed by atoms with Crippen LogP contribution in [0.3, 0.4) is 0 Å². The number of fused-ring (bicyclic) bond motifs is 1. The van der Waals surface area contributed by atoms with E-state index in [1.165, 1.54) is 12.1 Å². The van der Waals surface area contributed by atoms with Gasteiger partial charge in [-0.1, -0.05) is 54.6 Å². The van der Waals surface area contributed by atoms with Crippen LogP contribution in [0, 0.1) is 5.82 Å². The zero-order valence-electron chi connectivity index (χ0n) is 23.9. The van der Waals surface area contributed by atoms with Gasteiger partial charge in [0.2, 0.25) is 0 Å². The molecular weight excluding hydrogens is 531 g/mol. The zero-order chi connectivity index (χ0) is 29.5. The predicted molar refractivity (Wildman–Crippen MR) is 160 cm³/mol. The fourth-order valence-corrected chi connectivity index (χ4v) is 5.55. The molecule has 2 N–H and O–H groups in total. The molecule has 0 unspecified atom stereocenters. The van der Waals surface area contributed by atoms with Gasteiger partial charge < -0.3 is 15.2 Å². The summed E-state index contributed by atoms with van der Waals surface area (Å²) in [4.78, 5) is 17.3. The highest BCUT2D eigenvalue weighted by molar-refractivity contribution is 5.83. The zero-order valence-corrected chi connectivity index (χ0v) is 23.9. The first-order valence-electron chi connectivity index (χ1n) is 14.1. The van der Waals surface area contributed by atoms with Gasteiger partial charge in [-0.2, -0.15) is 5.10 Å². The normalized spacial score (nSPS) is 14.4. The molecule has 0 bridgehead atoms. The van der Waals surface area contributed by atoms with Crippen LogP contribution >= 0.6 is 0 Å². The summed E-state index contributed by atoms with van der Waals surface area (Å²) in [5, 5.41) is 18.1. The molecule has 5 aromatic rings. The van der Waals surface area contributed by atoms with Gasteiger partial charge in [0.1, 0.15) is 11.4 Å². The second kappa shape index (κ2) is 10.7. The Balaban J connectivity index is 1.43. The van der Waals surface area contributed by atoms with Crippen LogP contribution in [0.1, 0.15) is 51.2 Å². The number of benzene rings is 3. The van der Waals surface area contributed by atoms with Crippen molar-refractivity contribution in [2.75, 3.05) is 0 Å². The van der Waals surface area contributed by atoms with E-state index in [0.717, 1.165) is 47.2 Å². The summed E-state index contributed by atoms with van der Waals surface area (Å²) >= 11 is 0. The molecule has 3 aromatic carbocycles. The minimum absolute atomic E-state index is 0.310. The maximum atomic E-state index is 13.9. The first-order valence-corrected chi connectivity index (χ1v) is 14.1. The molecule has 1 saturated carbocycles. The van der Waals surface area contributed by atoms with Gasteiger partial charge in [0.15, 0.2) is 5.65 Å². The number of halogens is 1. The number of amides is 1. The number of nitrogens with one attached hydrogen (secondary N) is 1. The first kappa shape index (κ1) is 27.6. The molecule has 42 heavy (non-hydrogen) atoms. The third-order valence-electron chi connectivity index (χ3n) is 7.75. The molecule has 8 heteroatoms. The van der Waals surface area contributed by atoms with E-state index in [9.17, 15) is 14.3 Å². The molecule has 7 nitrogen and oxygen atoms in total. The van der Waals surface area contributed by atoms with Crippen LogP contribution in [0.4, 0.5) is 9.18 Å². The van der Waals surface area contributed by atoms with Crippen molar-refractivity contribution in [3.05, 3.63) is 102 Å². The quantitative estimate of drug-likeness (QED) is 0.227. The molecule has 1 amide bonds. The van der Waals surface area contributed by atoms with Crippen LogP contribution in [0.25, 0.3) is 39.3 Å². The van der Waals surface area contributed by atoms with Crippen molar-refractivity contribution in [3.63, 3.8) is 0 Å². The Bertz CT molecular complexity index is 1750. The highest BCUT2D eigenvalue weighted by Gasteiger charge is 2.41. The lowest BCUT2D eigenvalue weighted by molar-refractivity contribution is 0.0377. The summed E-state index contributed by atoms with van der Waals surface area (Å²) < 4.78 is 21.2. The standard InChI is InChI=1S/C34H33FN4O3/c1-33(2,3)42-32(41)37-34(16-7-17-34)25-12-10-23(11-13-25)31-28(22-8-5-4-6-9-22)19-30-36-20-29(39(30)38-31)27-15-14-26(35)18-24(27)21-40/h4-6,8-15,18-20,40H,7,16-17,21H2,1-3H3,(H,37,41). The fraction of sp³-hybridized carbons (Fsp3) is 0.265. The molecule has 0 atom stereocenters. The van der Waals surface area contributed by atoms with Gasteiger partial charge in [-0.3, -0.25) is 0 Å². The number of carbonyl (C=O) groups is 1. The molecule has 0 spiro atoms. The summed E-state index contributed by atoms with van der Waals surface area (Å²) in [7, 11) is 0. The number of hydrogen-bond acceptors (Lipinski definition) is 5. The monoisotopic (exact) mass is 564 g/mol. The number of aliphatic hydroxyl groups is 1. The van der Waals surface area contributed by atoms with Gasteiger partial charge in [0.05, 0.1) is 29.7 Å². The minimum Gasteiger partial charge on any atom is -0.444 e. The molecule has 1 aliphatic rings. The second-order valence-electron chi connectivity index (χ2n) is 11.8. The molecule has 0 saturated heterocycles. The van der Waals surface area contributed by atoms with Gasteiger partial charge in [-0.05, 0) is 81.0 Å². The Morgan fingerprint density at radius 1 is 1.00 bits per heavy atom. The molecule has 214 valence electrons. The maximum absolute atomic E-state index is 13.9. The van der Waals surface area contributed by atoms with Crippen LogP contribution in [-0.2, 0) is 16.9 Å². The highest BCUT2D eigenvalue weighted by atomic mass is 19.1. The third-order valence-corrected chi connectivity index (χ3v) is 7.75.